The van der Waals surface area contributed by atoms with Crippen LogP contribution in [0.4, 0.5) is 0 Å². The average Bonchev–Trinajstić information content (AvgIpc) is 2.17. The zero-order valence-electron chi connectivity index (χ0n) is 8.14. The highest BCUT2D eigenvalue weighted by Crippen LogP contribution is 2.08. The summed E-state index contributed by atoms with van der Waals surface area (Å²) in [5.41, 5.74) is 2.96. The highest BCUT2D eigenvalue weighted by atomic mass is 35.5. The fourth-order valence-electron chi connectivity index (χ4n) is 0.851. The molecule has 2 N–H and O–H groups in total. The van der Waals surface area contributed by atoms with Crippen LogP contribution in [-0.2, 0) is 4.79 Å². The molecule has 0 aliphatic rings. The summed E-state index contributed by atoms with van der Waals surface area (Å²) in [5.74, 6) is -0.548. The van der Waals surface area contributed by atoms with E-state index in [2.05, 4.69) is 10.5 Å². The summed E-state index contributed by atoms with van der Waals surface area (Å²) in [6.07, 6.45) is 0.383. The Morgan fingerprint density at radius 3 is 3.00 bits per heavy atom. The first-order valence-electron chi connectivity index (χ1n) is 4.36. The average molecular weight is 227 g/mol. The van der Waals surface area contributed by atoms with Crippen molar-refractivity contribution in [2.24, 2.45) is 5.10 Å². The molecule has 0 saturated heterocycles. The molecule has 15 heavy (non-hydrogen) atoms. The molecule has 1 rings (SSSR count). The van der Waals surface area contributed by atoms with Gasteiger partial charge in [0.25, 0.3) is 5.91 Å². The van der Waals surface area contributed by atoms with Crippen LogP contribution in [-0.4, -0.2) is 23.3 Å². The smallest absolute Gasteiger partial charge is 0.268 e. The van der Waals surface area contributed by atoms with Gasteiger partial charge in [-0.05, 0) is 24.6 Å². The lowest BCUT2D eigenvalue weighted by Crippen LogP contribution is -2.28. The number of aliphatic hydroxyl groups is 1. The standard InChI is InChI=1S/C10H11ClN2O2/c1-7(14)10(15)13-12-6-8-3-2-4-9(11)5-8/h2-7,14H,1H3,(H,13,15)/b12-6-/t7-/m1/s1. The Labute approximate surface area is 92.6 Å². The molecule has 80 valence electrons. The lowest BCUT2D eigenvalue weighted by Gasteiger charge is -2.00. The molecule has 1 atom stereocenters. The first-order valence-corrected chi connectivity index (χ1v) is 4.74. The predicted molar refractivity (Wildman–Crippen MR) is 58.9 cm³/mol. The van der Waals surface area contributed by atoms with E-state index >= 15 is 0 Å². The summed E-state index contributed by atoms with van der Waals surface area (Å²) in [5, 5.41) is 13.1. The fraction of sp³-hybridized carbons (Fsp3) is 0.200. The largest absolute Gasteiger partial charge is 0.383 e. The molecule has 1 aromatic carbocycles. The Kier molecular flexibility index (Phi) is 4.27. The minimum Gasteiger partial charge on any atom is -0.383 e. The third-order valence-corrected chi connectivity index (χ3v) is 1.85. The van der Waals surface area contributed by atoms with E-state index in [0.29, 0.717) is 5.02 Å². The number of halogens is 1. The van der Waals surface area contributed by atoms with Crippen LogP contribution in [0.3, 0.4) is 0 Å². The van der Waals surface area contributed by atoms with Crippen LogP contribution in [0.1, 0.15) is 12.5 Å². The van der Waals surface area contributed by atoms with Crippen LogP contribution in [0.2, 0.25) is 5.02 Å². The fourth-order valence-corrected chi connectivity index (χ4v) is 1.05. The van der Waals surface area contributed by atoms with Gasteiger partial charge in [-0.1, -0.05) is 23.7 Å². The van der Waals surface area contributed by atoms with Gasteiger partial charge < -0.3 is 5.11 Å². The Bertz CT molecular complexity index is 377. The summed E-state index contributed by atoms with van der Waals surface area (Å²) in [6, 6.07) is 7.02. The van der Waals surface area contributed by atoms with Crippen molar-refractivity contribution in [3.63, 3.8) is 0 Å². The van der Waals surface area contributed by atoms with Crippen LogP contribution in [0.5, 0.6) is 0 Å². The maximum atomic E-state index is 10.9. The lowest BCUT2D eigenvalue weighted by atomic mass is 10.2. The van der Waals surface area contributed by atoms with Gasteiger partial charge in [0.1, 0.15) is 6.10 Å². The van der Waals surface area contributed by atoms with Gasteiger partial charge in [-0.15, -0.1) is 0 Å². The number of amides is 1. The van der Waals surface area contributed by atoms with Gasteiger partial charge in [-0.3, -0.25) is 4.79 Å². The Morgan fingerprint density at radius 1 is 1.67 bits per heavy atom. The minimum atomic E-state index is -1.07. The zero-order chi connectivity index (χ0) is 11.3. The van der Waals surface area contributed by atoms with E-state index < -0.39 is 12.0 Å². The van der Waals surface area contributed by atoms with Crippen molar-refractivity contribution in [3.8, 4) is 0 Å². The maximum absolute atomic E-state index is 10.9. The molecule has 1 amide bonds. The number of hydrogen-bond donors (Lipinski definition) is 2. The molecule has 0 saturated carbocycles. The van der Waals surface area contributed by atoms with Crippen LogP contribution >= 0.6 is 11.6 Å². The number of hydrazone groups is 1. The third-order valence-electron chi connectivity index (χ3n) is 1.62. The first-order chi connectivity index (χ1) is 7.09. The van der Waals surface area contributed by atoms with Crippen LogP contribution in [0.15, 0.2) is 29.4 Å². The summed E-state index contributed by atoms with van der Waals surface area (Å²) >= 11 is 5.75. The van der Waals surface area contributed by atoms with Gasteiger partial charge in [0.05, 0.1) is 6.21 Å². The van der Waals surface area contributed by atoms with Crippen molar-refractivity contribution in [2.45, 2.75) is 13.0 Å². The van der Waals surface area contributed by atoms with Crippen molar-refractivity contribution in [1.29, 1.82) is 0 Å². The molecule has 5 heteroatoms. The van der Waals surface area contributed by atoms with E-state index in [9.17, 15) is 4.79 Å². The van der Waals surface area contributed by atoms with Crippen molar-refractivity contribution in [2.75, 3.05) is 0 Å². The van der Waals surface area contributed by atoms with Crippen LogP contribution < -0.4 is 5.43 Å². The van der Waals surface area contributed by atoms with E-state index in [1.54, 1.807) is 24.3 Å². The second kappa shape index (κ2) is 5.48. The van der Waals surface area contributed by atoms with Gasteiger partial charge in [0.15, 0.2) is 0 Å². The second-order valence-corrected chi connectivity index (χ2v) is 3.40. The monoisotopic (exact) mass is 226 g/mol. The number of hydrogen-bond acceptors (Lipinski definition) is 3. The molecule has 0 aromatic heterocycles. The molecule has 0 radical (unpaired) electrons. The molecule has 4 nitrogen and oxygen atoms in total. The first kappa shape index (κ1) is 11.7. The lowest BCUT2D eigenvalue weighted by molar-refractivity contribution is -0.128. The molecule has 0 aliphatic carbocycles. The van der Waals surface area contributed by atoms with Gasteiger partial charge in [-0.25, -0.2) is 5.43 Å². The SMILES string of the molecule is C[C@@H](O)C(=O)N/N=C\c1cccc(Cl)c1. The number of nitrogens with one attached hydrogen (secondary N) is 1. The predicted octanol–water partition coefficient (Wildman–Crippen LogP) is 1.17. The Morgan fingerprint density at radius 2 is 2.40 bits per heavy atom. The molecule has 0 fully saturated rings. The van der Waals surface area contributed by atoms with Crippen molar-refractivity contribution in [1.82, 2.24) is 5.43 Å². The van der Waals surface area contributed by atoms with E-state index in [0.717, 1.165) is 5.56 Å². The van der Waals surface area contributed by atoms with Gasteiger partial charge in [0.2, 0.25) is 0 Å². The molecule has 0 heterocycles. The number of benzene rings is 1. The molecule has 0 unspecified atom stereocenters. The Hall–Kier alpha value is -1.39. The highest BCUT2D eigenvalue weighted by Gasteiger charge is 2.05. The van der Waals surface area contributed by atoms with Crippen molar-refractivity contribution >= 4 is 23.7 Å². The number of rotatable bonds is 3. The van der Waals surface area contributed by atoms with Gasteiger partial charge in [0, 0.05) is 5.02 Å². The van der Waals surface area contributed by atoms with E-state index in [4.69, 9.17) is 16.7 Å². The summed E-state index contributed by atoms with van der Waals surface area (Å²) in [6.45, 7) is 1.37. The maximum Gasteiger partial charge on any atom is 0.268 e. The van der Waals surface area contributed by atoms with E-state index in [1.165, 1.54) is 13.1 Å². The van der Waals surface area contributed by atoms with E-state index in [-0.39, 0.29) is 0 Å². The number of aliphatic hydroxyl groups excluding tert-OH is 1. The molecule has 0 spiro atoms. The third kappa shape index (κ3) is 4.10. The molecule has 0 bridgehead atoms. The highest BCUT2D eigenvalue weighted by molar-refractivity contribution is 6.30. The quantitative estimate of drug-likeness (QED) is 0.600. The molecular weight excluding hydrogens is 216 g/mol. The second-order valence-electron chi connectivity index (χ2n) is 2.97. The topological polar surface area (TPSA) is 61.7 Å². The normalized spacial score (nSPS) is 12.7. The summed E-state index contributed by atoms with van der Waals surface area (Å²) < 4.78 is 0. The van der Waals surface area contributed by atoms with Crippen LogP contribution in [0, 0.1) is 0 Å². The summed E-state index contributed by atoms with van der Waals surface area (Å²) in [4.78, 5) is 10.9. The van der Waals surface area contributed by atoms with Crippen molar-refractivity contribution in [3.05, 3.63) is 34.9 Å². The number of carbonyl (C=O) groups excluding carboxylic acids is 1. The number of carbonyl (C=O) groups is 1. The number of nitrogens with zero attached hydrogens (tertiary/aromatic N) is 1. The minimum absolute atomic E-state index is 0.548. The molecule has 0 aliphatic heterocycles. The molecular formula is C10H11ClN2O2. The van der Waals surface area contributed by atoms with Gasteiger partial charge >= 0.3 is 0 Å². The summed E-state index contributed by atoms with van der Waals surface area (Å²) in [7, 11) is 0. The van der Waals surface area contributed by atoms with Gasteiger partial charge in [-0.2, -0.15) is 5.10 Å². The Balaban J connectivity index is 2.55. The van der Waals surface area contributed by atoms with Crippen molar-refractivity contribution < 1.29 is 9.90 Å². The zero-order valence-corrected chi connectivity index (χ0v) is 8.90. The van der Waals surface area contributed by atoms with E-state index in [1.807, 2.05) is 0 Å². The van der Waals surface area contributed by atoms with Crippen LogP contribution in [0.25, 0.3) is 0 Å². The molecule has 1 aromatic rings.